The van der Waals surface area contributed by atoms with Crippen LogP contribution in [0.3, 0.4) is 0 Å². The Labute approximate surface area is 96.4 Å². The molecule has 0 fully saturated rings. The van der Waals surface area contributed by atoms with Crippen LogP contribution in [0.2, 0.25) is 0 Å². The number of hydrazone groups is 1. The Kier molecular flexibility index (Phi) is 4.83. The van der Waals surface area contributed by atoms with Gasteiger partial charge in [0.15, 0.2) is 0 Å². The number of carbonyl (C=O) groups excluding carboxylic acids is 1. The number of amides is 1. The molecule has 1 aromatic carbocycles. The van der Waals surface area contributed by atoms with E-state index in [0.717, 1.165) is 10.0 Å². The predicted molar refractivity (Wildman–Crippen MR) is 61.9 cm³/mol. The predicted octanol–water partition coefficient (Wildman–Crippen LogP) is 2.53. The third kappa shape index (κ3) is 4.60. The maximum Gasteiger partial charge on any atom is 0.427 e. The van der Waals surface area contributed by atoms with Crippen LogP contribution in [0.5, 0.6) is 0 Å². The van der Waals surface area contributed by atoms with Crippen LogP contribution in [0.1, 0.15) is 12.5 Å². The molecule has 80 valence electrons. The van der Waals surface area contributed by atoms with Crippen LogP contribution in [0, 0.1) is 0 Å². The molecule has 0 heterocycles. The number of nitrogens with zero attached hydrogens (tertiary/aromatic N) is 1. The molecule has 1 amide bonds. The van der Waals surface area contributed by atoms with E-state index in [9.17, 15) is 4.79 Å². The first kappa shape index (κ1) is 11.7. The van der Waals surface area contributed by atoms with Crippen molar-refractivity contribution in [2.75, 3.05) is 6.61 Å². The summed E-state index contributed by atoms with van der Waals surface area (Å²) < 4.78 is 5.59. The van der Waals surface area contributed by atoms with Gasteiger partial charge in [-0.25, -0.2) is 10.2 Å². The highest BCUT2D eigenvalue weighted by Crippen LogP contribution is 2.09. The largest absolute Gasteiger partial charge is 0.449 e. The zero-order valence-electron chi connectivity index (χ0n) is 8.24. The number of halogens is 1. The molecule has 1 rings (SSSR count). The molecule has 0 spiro atoms. The van der Waals surface area contributed by atoms with Crippen LogP contribution in [-0.4, -0.2) is 18.9 Å². The van der Waals surface area contributed by atoms with Crippen molar-refractivity contribution in [2.45, 2.75) is 6.92 Å². The Hall–Kier alpha value is -1.36. The van der Waals surface area contributed by atoms with Gasteiger partial charge in [-0.15, -0.1) is 0 Å². The lowest BCUT2D eigenvalue weighted by Crippen LogP contribution is -2.18. The van der Waals surface area contributed by atoms with Crippen LogP contribution >= 0.6 is 15.9 Å². The molecule has 4 nitrogen and oxygen atoms in total. The first-order valence-electron chi connectivity index (χ1n) is 4.43. The number of ether oxygens (including phenoxy) is 1. The van der Waals surface area contributed by atoms with Crippen molar-refractivity contribution in [2.24, 2.45) is 5.10 Å². The number of nitrogens with one attached hydrogen (secondary N) is 1. The van der Waals surface area contributed by atoms with Gasteiger partial charge in [0.25, 0.3) is 0 Å². The number of hydrogen-bond acceptors (Lipinski definition) is 3. The maximum atomic E-state index is 10.8. The summed E-state index contributed by atoms with van der Waals surface area (Å²) in [6, 6.07) is 7.56. The van der Waals surface area contributed by atoms with E-state index in [0.29, 0.717) is 6.61 Å². The fraction of sp³-hybridized carbons (Fsp3) is 0.200. The number of carbonyl (C=O) groups is 1. The molecule has 15 heavy (non-hydrogen) atoms. The maximum absolute atomic E-state index is 10.8. The van der Waals surface area contributed by atoms with Crippen LogP contribution in [0.25, 0.3) is 0 Å². The van der Waals surface area contributed by atoms with Crippen molar-refractivity contribution in [1.82, 2.24) is 5.43 Å². The van der Waals surface area contributed by atoms with E-state index >= 15 is 0 Å². The second-order valence-corrected chi connectivity index (χ2v) is 3.56. The van der Waals surface area contributed by atoms with E-state index in [1.54, 1.807) is 13.1 Å². The second-order valence-electron chi connectivity index (χ2n) is 2.65. The summed E-state index contributed by atoms with van der Waals surface area (Å²) in [4.78, 5) is 10.8. The molecular formula is C10H11BrN2O2. The Morgan fingerprint density at radius 2 is 2.47 bits per heavy atom. The van der Waals surface area contributed by atoms with Gasteiger partial charge in [0.1, 0.15) is 0 Å². The van der Waals surface area contributed by atoms with E-state index in [-0.39, 0.29) is 0 Å². The Morgan fingerprint density at radius 1 is 1.67 bits per heavy atom. The van der Waals surface area contributed by atoms with Crippen molar-refractivity contribution in [1.29, 1.82) is 0 Å². The average molecular weight is 271 g/mol. The molecule has 0 unspecified atom stereocenters. The van der Waals surface area contributed by atoms with Crippen LogP contribution < -0.4 is 5.43 Å². The van der Waals surface area contributed by atoms with Gasteiger partial charge in [-0.1, -0.05) is 28.1 Å². The normalized spacial score (nSPS) is 10.3. The molecule has 0 aliphatic rings. The summed E-state index contributed by atoms with van der Waals surface area (Å²) in [6.07, 6.45) is 0.991. The molecule has 0 aliphatic heterocycles. The monoisotopic (exact) mass is 270 g/mol. The van der Waals surface area contributed by atoms with Crippen LogP contribution in [-0.2, 0) is 4.74 Å². The van der Waals surface area contributed by atoms with E-state index in [1.807, 2.05) is 24.3 Å². The number of hydrogen-bond donors (Lipinski definition) is 1. The van der Waals surface area contributed by atoms with Crippen molar-refractivity contribution < 1.29 is 9.53 Å². The third-order valence-electron chi connectivity index (χ3n) is 1.49. The lowest BCUT2D eigenvalue weighted by Gasteiger charge is -1.98. The first-order chi connectivity index (χ1) is 7.22. The van der Waals surface area contributed by atoms with Gasteiger partial charge >= 0.3 is 6.09 Å². The molecule has 0 saturated carbocycles. The Balaban J connectivity index is 2.48. The van der Waals surface area contributed by atoms with Gasteiger partial charge < -0.3 is 4.74 Å². The molecule has 5 heteroatoms. The van der Waals surface area contributed by atoms with E-state index in [4.69, 9.17) is 0 Å². The molecule has 0 bridgehead atoms. The molecule has 1 aromatic rings. The second kappa shape index (κ2) is 6.19. The quantitative estimate of drug-likeness (QED) is 0.678. The van der Waals surface area contributed by atoms with Crippen molar-refractivity contribution in [3.05, 3.63) is 34.3 Å². The molecular weight excluding hydrogens is 260 g/mol. The number of rotatable bonds is 3. The summed E-state index contributed by atoms with van der Waals surface area (Å²) in [5.41, 5.74) is 3.13. The lowest BCUT2D eigenvalue weighted by atomic mass is 10.2. The van der Waals surface area contributed by atoms with Gasteiger partial charge in [-0.2, -0.15) is 5.10 Å². The summed E-state index contributed by atoms with van der Waals surface area (Å²) in [5.74, 6) is 0. The van der Waals surface area contributed by atoms with E-state index < -0.39 is 6.09 Å². The fourth-order valence-electron chi connectivity index (χ4n) is 0.910. The lowest BCUT2D eigenvalue weighted by molar-refractivity contribution is 0.152. The summed E-state index contributed by atoms with van der Waals surface area (Å²) in [7, 11) is 0. The minimum atomic E-state index is -0.552. The highest BCUT2D eigenvalue weighted by Gasteiger charge is 1.95. The Morgan fingerprint density at radius 3 is 3.13 bits per heavy atom. The van der Waals surface area contributed by atoms with Crippen LogP contribution in [0.4, 0.5) is 4.79 Å². The average Bonchev–Trinajstić information content (AvgIpc) is 2.18. The van der Waals surface area contributed by atoms with Crippen molar-refractivity contribution >= 4 is 28.2 Å². The molecule has 0 radical (unpaired) electrons. The van der Waals surface area contributed by atoms with Gasteiger partial charge in [-0.3, -0.25) is 0 Å². The first-order valence-corrected chi connectivity index (χ1v) is 5.23. The minimum Gasteiger partial charge on any atom is -0.449 e. The zero-order chi connectivity index (χ0) is 11.1. The Bertz CT molecular complexity index is 366. The number of benzene rings is 1. The summed E-state index contributed by atoms with van der Waals surface area (Å²) in [6.45, 7) is 2.07. The highest BCUT2D eigenvalue weighted by atomic mass is 79.9. The summed E-state index contributed by atoms with van der Waals surface area (Å²) in [5, 5.41) is 3.73. The van der Waals surface area contributed by atoms with Gasteiger partial charge in [0, 0.05) is 4.47 Å². The molecule has 1 N–H and O–H groups in total. The van der Waals surface area contributed by atoms with E-state index in [1.165, 1.54) is 0 Å². The van der Waals surface area contributed by atoms with E-state index in [2.05, 4.69) is 31.2 Å². The van der Waals surface area contributed by atoms with Gasteiger partial charge in [0.2, 0.25) is 0 Å². The molecule has 0 atom stereocenters. The van der Waals surface area contributed by atoms with Gasteiger partial charge in [0.05, 0.1) is 12.8 Å². The standard InChI is InChI=1S/C10H11BrN2O2/c1-2-15-10(14)13-12-7-8-4-3-5-9(11)6-8/h3-7H,2H2,1H3,(H,13,14)/b12-7+. The van der Waals surface area contributed by atoms with Crippen molar-refractivity contribution in [3.8, 4) is 0 Å². The molecule has 0 aliphatic carbocycles. The summed E-state index contributed by atoms with van der Waals surface area (Å²) >= 11 is 3.33. The highest BCUT2D eigenvalue weighted by molar-refractivity contribution is 9.10. The van der Waals surface area contributed by atoms with Crippen LogP contribution in [0.15, 0.2) is 33.8 Å². The minimum absolute atomic E-state index is 0.332. The van der Waals surface area contributed by atoms with Gasteiger partial charge in [-0.05, 0) is 24.6 Å². The molecule has 0 aromatic heterocycles. The smallest absolute Gasteiger partial charge is 0.427 e. The topological polar surface area (TPSA) is 50.7 Å². The zero-order valence-corrected chi connectivity index (χ0v) is 9.82. The fourth-order valence-corrected chi connectivity index (χ4v) is 1.33. The molecule has 0 saturated heterocycles. The third-order valence-corrected chi connectivity index (χ3v) is 1.99. The van der Waals surface area contributed by atoms with Crippen molar-refractivity contribution in [3.63, 3.8) is 0 Å². The SMILES string of the molecule is CCOC(=O)N/N=C/c1cccc(Br)c1.